The molecule has 0 radical (unpaired) electrons. The van der Waals surface area contributed by atoms with E-state index in [1.54, 1.807) is 0 Å². The average molecular weight is 467 g/mol. The van der Waals surface area contributed by atoms with Crippen molar-refractivity contribution in [3.05, 3.63) is 58.2 Å². The Morgan fingerprint density at radius 2 is 1.85 bits per heavy atom. The third kappa shape index (κ3) is 6.35. The summed E-state index contributed by atoms with van der Waals surface area (Å²) in [6, 6.07) is 7.02. The largest absolute Gasteiger partial charge is 0.573 e. The molecule has 1 N–H and O–H groups in total. The lowest BCUT2D eigenvalue weighted by molar-refractivity contribution is -0.385. The number of ether oxygens (including phenoxy) is 3. The van der Waals surface area contributed by atoms with Crippen molar-refractivity contribution in [2.24, 2.45) is 0 Å². The molecule has 2 aromatic rings. The average Bonchev–Trinajstić information content (AvgIpc) is 3.19. The number of nitro groups is 1. The first-order valence-corrected chi connectivity index (χ1v) is 9.19. The monoisotopic (exact) mass is 467 g/mol. The zero-order valence-corrected chi connectivity index (χ0v) is 16.9. The quantitative estimate of drug-likeness (QED) is 0.377. The second-order valence-corrected chi connectivity index (χ2v) is 6.67. The molecule has 13 heteroatoms. The topological polar surface area (TPSA) is 120 Å². The Hall–Kier alpha value is -4.29. The van der Waals surface area contributed by atoms with E-state index in [9.17, 15) is 32.9 Å². The van der Waals surface area contributed by atoms with E-state index in [-0.39, 0.29) is 36.0 Å². The van der Waals surface area contributed by atoms with Gasteiger partial charge in [-0.15, -0.1) is 13.2 Å². The highest BCUT2D eigenvalue weighted by atomic mass is 19.4. The number of anilines is 1. The summed E-state index contributed by atoms with van der Waals surface area (Å²) >= 11 is 0. The fourth-order valence-corrected chi connectivity index (χ4v) is 2.76. The van der Waals surface area contributed by atoms with Crippen molar-refractivity contribution in [3.8, 4) is 17.2 Å². The third-order valence-electron chi connectivity index (χ3n) is 4.25. The van der Waals surface area contributed by atoms with Gasteiger partial charge in [-0.3, -0.25) is 19.7 Å². The molecule has 2 aromatic carbocycles. The van der Waals surface area contributed by atoms with Gasteiger partial charge in [-0.1, -0.05) is 0 Å². The molecule has 0 saturated carbocycles. The SMILES string of the molecule is CN(CC(=O)Nc1ccc(OC(F)(F)F)cc1)C(=O)/C=C/c1cc2c(cc1[N+](=O)[O-])OCO2. The van der Waals surface area contributed by atoms with Gasteiger partial charge in [0.25, 0.3) is 5.69 Å². The molecule has 0 spiro atoms. The van der Waals surface area contributed by atoms with Gasteiger partial charge < -0.3 is 24.4 Å². The van der Waals surface area contributed by atoms with Crippen molar-refractivity contribution in [1.82, 2.24) is 4.90 Å². The predicted octanol–water partition coefficient (Wildman–Crippen LogP) is 3.33. The molecule has 1 heterocycles. The van der Waals surface area contributed by atoms with Gasteiger partial charge >= 0.3 is 6.36 Å². The summed E-state index contributed by atoms with van der Waals surface area (Å²) in [6.45, 7) is -0.457. The van der Waals surface area contributed by atoms with Gasteiger partial charge in [0.05, 0.1) is 23.1 Å². The summed E-state index contributed by atoms with van der Waals surface area (Å²) in [5.41, 5.74) is 0.0140. The van der Waals surface area contributed by atoms with Gasteiger partial charge in [-0.25, -0.2) is 0 Å². The van der Waals surface area contributed by atoms with Gasteiger partial charge in [0.2, 0.25) is 18.6 Å². The van der Waals surface area contributed by atoms with E-state index in [4.69, 9.17) is 9.47 Å². The summed E-state index contributed by atoms with van der Waals surface area (Å²) < 4.78 is 50.6. The summed E-state index contributed by atoms with van der Waals surface area (Å²) in [7, 11) is 1.33. The van der Waals surface area contributed by atoms with Crippen LogP contribution in [0.3, 0.4) is 0 Å². The number of fused-ring (bicyclic) bond motifs is 1. The van der Waals surface area contributed by atoms with Crippen LogP contribution in [-0.2, 0) is 9.59 Å². The van der Waals surface area contributed by atoms with Crippen LogP contribution in [0.25, 0.3) is 6.08 Å². The van der Waals surface area contributed by atoms with E-state index in [2.05, 4.69) is 10.1 Å². The van der Waals surface area contributed by atoms with Gasteiger partial charge in [0, 0.05) is 18.8 Å². The number of nitro benzene ring substituents is 1. The maximum atomic E-state index is 12.3. The minimum absolute atomic E-state index is 0.0749. The van der Waals surface area contributed by atoms with Crippen molar-refractivity contribution < 1.29 is 41.9 Å². The molecule has 0 aromatic heterocycles. The van der Waals surface area contributed by atoms with E-state index < -0.39 is 28.8 Å². The van der Waals surface area contributed by atoms with Crippen molar-refractivity contribution in [2.45, 2.75) is 6.36 Å². The van der Waals surface area contributed by atoms with E-state index in [0.29, 0.717) is 5.75 Å². The summed E-state index contributed by atoms with van der Waals surface area (Å²) in [6.07, 6.45) is -2.56. The molecule has 0 saturated heterocycles. The summed E-state index contributed by atoms with van der Waals surface area (Å²) in [5, 5.41) is 13.7. The molecule has 0 aliphatic carbocycles. The fraction of sp³-hybridized carbons (Fsp3) is 0.200. The molecule has 0 bridgehead atoms. The van der Waals surface area contributed by atoms with E-state index in [1.807, 2.05) is 0 Å². The number of carbonyl (C=O) groups is 2. The first-order chi connectivity index (χ1) is 15.5. The van der Waals surface area contributed by atoms with Crippen LogP contribution >= 0.6 is 0 Å². The first kappa shape index (κ1) is 23.4. The van der Waals surface area contributed by atoms with Crippen molar-refractivity contribution >= 4 is 29.3 Å². The molecule has 10 nitrogen and oxygen atoms in total. The molecular weight excluding hydrogens is 451 g/mol. The fourth-order valence-electron chi connectivity index (χ4n) is 2.76. The first-order valence-electron chi connectivity index (χ1n) is 9.19. The van der Waals surface area contributed by atoms with Crippen LogP contribution in [0.15, 0.2) is 42.5 Å². The third-order valence-corrected chi connectivity index (χ3v) is 4.25. The minimum atomic E-state index is -4.83. The van der Waals surface area contributed by atoms with E-state index >= 15 is 0 Å². The maximum Gasteiger partial charge on any atom is 0.573 e. The number of nitrogens with zero attached hydrogens (tertiary/aromatic N) is 2. The van der Waals surface area contributed by atoms with Gasteiger partial charge in [-0.05, 0) is 36.4 Å². The number of hydrogen-bond acceptors (Lipinski definition) is 7. The molecule has 174 valence electrons. The van der Waals surface area contributed by atoms with Crippen LogP contribution in [0.5, 0.6) is 17.2 Å². The van der Waals surface area contributed by atoms with Crippen molar-refractivity contribution in [3.63, 3.8) is 0 Å². The van der Waals surface area contributed by atoms with E-state index in [0.717, 1.165) is 23.1 Å². The normalized spacial score (nSPS) is 12.5. The standard InChI is InChI=1S/C20H16F3N3O7/c1-25(10-18(27)24-13-3-5-14(6-4-13)33-20(21,22)23)19(28)7-2-12-8-16-17(32-11-31-16)9-15(12)26(29)30/h2-9H,10-11H2,1H3,(H,24,27)/b7-2+. The van der Waals surface area contributed by atoms with Crippen LogP contribution in [0.1, 0.15) is 5.56 Å². The Kier molecular flexibility index (Phi) is 6.70. The Bertz CT molecular complexity index is 1100. The van der Waals surface area contributed by atoms with Crippen molar-refractivity contribution in [2.75, 3.05) is 25.7 Å². The number of amides is 2. The van der Waals surface area contributed by atoms with Gasteiger partial charge in [-0.2, -0.15) is 0 Å². The highest BCUT2D eigenvalue weighted by Gasteiger charge is 2.31. The number of hydrogen-bond donors (Lipinski definition) is 1. The zero-order valence-electron chi connectivity index (χ0n) is 16.9. The number of halogens is 3. The lowest BCUT2D eigenvalue weighted by Gasteiger charge is -2.15. The Morgan fingerprint density at radius 1 is 1.21 bits per heavy atom. The van der Waals surface area contributed by atoms with E-state index in [1.165, 1.54) is 37.4 Å². The summed E-state index contributed by atoms with van der Waals surface area (Å²) in [4.78, 5) is 36.1. The Labute approximate surface area is 184 Å². The number of carbonyl (C=O) groups excluding carboxylic acids is 2. The molecule has 0 fully saturated rings. The van der Waals surface area contributed by atoms with Crippen molar-refractivity contribution in [1.29, 1.82) is 0 Å². The lowest BCUT2D eigenvalue weighted by Crippen LogP contribution is -2.33. The molecule has 1 aliphatic heterocycles. The van der Waals surface area contributed by atoms with Crippen LogP contribution in [0.2, 0.25) is 0 Å². The second-order valence-electron chi connectivity index (χ2n) is 6.67. The number of benzene rings is 2. The highest BCUT2D eigenvalue weighted by Crippen LogP contribution is 2.38. The highest BCUT2D eigenvalue weighted by molar-refractivity contribution is 5.98. The Morgan fingerprint density at radius 3 is 2.45 bits per heavy atom. The summed E-state index contributed by atoms with van der Waals surface area (Å²) in [5.74, 6) is -1.16. The maximum absolute atomic E-state index is 12.3. The molecular formula is C20H16F3N3O7. The molecule has 33 heavy (non-hydrogen) atoms. The molecule has 0 unspecified atom stereocenters. The zero-order chi connectivity index (χ0) is 24.2. The minimum Gasteiger partial charge on any atom is -0.454 e. The number of nitrogens with one attached hydrogen (secondary N) is 1. The number of alkyl halides is 3. The molecule has 1 aliphatic rings. The second kappa shape index (κ2) is 9.46. The smallest absolute Gasteiger partial charge is 0.454 e. The predicted molar refractivity (Wildman–Crippen MR) is 108 cm³/mol. The molecule has 0 atom stereocenters. The number of rotatable bonds is 7. The molecule has 3 rings (SSSR count). The van der Waals surface area contributed by atoms with Crippen LogP contribution in [0, 0.1) is 10.1 Å². The lowest BCUT2D eigenvalue weighted by atomic mass is 10.1. The number of likely N-dealkylation sites (N-methyl/N-ethyl adjacent to an activating group) is 1. The van der Waals surface area contributed by atoms with Gasteiger partial charge in [0.15, 0.2) is 11.5 Å². The van der Waals surface area contributed by atoms with Gasteiger partial charge in [0.1, 0.15) is 5.75 Å². The van der Waals surface area contributed by atoms with Crippen LogP contribution in [-0.4, -0.2) is 48.4 Å². The molecule has 2 amide bonds. The Balaban J connectivity index is 1.59. The van der Waals surface area contributed by atoms with Crippen LogP contribution < -0.4 is 19.5 Å². The van der Waals surface area contributed by atoms with Crippen LogP contribution in [0.4, 0.5) is 24.5 Å².